The summed E-state index contributed by atoms with van der Waals surface area (Å²) >= 11 is 0. The summed E-state index contributed by atoms with van der Waals surface area (Å²) in [5.41, 5.74) is 0.611. The van der Waals surface area contributed by atoms with E-state index < -0.39 is 12.1 Å². The Balaban J connectivity index is 1.97. The summed E-state index contributed by atoms with van der Waals surface area (Å²) in [5, 5.41) is 8.58. The van der Waals surface area contributed by atoms with Gasteiger partial charge in [0.05, 0.1) is 7.11 Å². The van der Waals surface area contributed by atoms with Crippen molar-refractivity contribution >= 4 is 23.7 Å². The fraction of sp³-hybridized carbons (Fsp3) is 0.625. The highest BCUT2D eigenvalue weighted by Gasteiger charge is 2.35. The van der Waals surface area contributed by atoms with Crippen LogP contribution in [0.3, 0.4) is 0 Å². The number of methoxy groups -OCH3 is 1. The lowest BCUT2D eigenvalue weighted by atomic mass is 9.97. The van der Waals surface area contributed by atoms with Crippen molar-refractivity contribution in [2.24, 2.45) is 5.92 Å². The molecule has 1 aliphatic heterocycles. The van der Waals surface area contributed by atoms with Crippen LogP contribution in [-0.2, 0) is 4.79 Å². The van der Waals surface area contributed by atoms with Crippen molar-refractivity contribution in [3.8, 4) is 5.75 Å². The Morgan fingerprint density at radius 2 is 1.85 bits per heavy atom. The molecule has 1 fully saturated rings. The molecule has 9 nitrogen and oxygen atoms in total. The Labute approximate surface area is 197 Å². The number of carbonyl (C=O) groups excluding carboxylic acids is 3. The quantitative estimate of drug-likeness (QED) is 0.491. The summed E-state index contributed by atoms with van der Waals surface area (Å²) in [6, 6.07) is 5.73. The van der Waals surface area contributed by atoms with Gasteiger partial charge in [0.25, 0.3) is 0 Å². The largest absolute Gasteiger partial charge is 0.497 e. The predicted octanol–water partition coefficient (Wildman–Crippen LogP) is 3.27. The molecule has 33 heavy (non-hydrogen) atoms. The van der Waals surface area contributed by atoms with Crippen molar-refractivity contribution in [2.75, 3.05) is 38.6 Å². The summed E-state index contributed by atoms with van der Waals surface area (Å²) in [5.74, 6) is 0.540. The van der Waals surface area contributed by atoms with E-state index in [0.717, 1.165) is 19.3 Å². The van der Waals surface area contributed by atoms with Crippen LogP contribution in [0.25, 0.3) is 0 Å². The zero-order chi connectivity index (χ0) is 24.4. The molecule has 9 heteroatoms. The average Bonchev–Trinajstić information content (AvgIpc) is 2.82. The first-order valence-electron chi connectivity index (χ1n) is 11.8. The summed E-state index contributed by atoms with van der Waals surface area (Å²) in [6.07, 6.45) is 2.71. The summed E-state index contributed by atoms with van der Waals surface area (Å²) in [4.78, 5) is 42.0. The number of carbonyl (C=O) groups is 3. The molecule has 184 valence electrons. The van der Waals surface area contributed by atoms with Crippen LogP contribution in [0.15, 0.2) is 24.3 Å². The van der Waals surface area contributed by atoms with Gasteiger partial charge >= 0.3 is 12.1 Å². The number of benzene rings is 1. The highest BCUT2D eigenvalue weighted by atomic mass is 16.5. The Kier molecular flexibility index (Phi) is 10.3. The minimum Gasteiger partial charge on any atom is -0.497 e. The Hall–Kier alpha value is -2.97. The van der Waals surface area contributed by atoms with E-state index in [2.05, 4.69) is 22.9 Å². The van der Waals surface area contributed by atoms with Crippen LogP contribution >= 0.6 is 0 Å². The molecule has 3 atom stereocenters. The third kappa shape index (κ3) is 7.54. The van der Waals surface area contributed by atoms with Crippen molar-refractivity contribution in [1.29, 1.82) is 0 Å². The number of nitrogens with one attached hydrogen (secondary N) is 3. The maximum atomic E-state index is 13.4. The average molecular weight is 462 g/mol. The number of hydrogen-bond donors (Lipinski definition) is 3. The van der Waals surface area contributed by atoms with Crippen molar-refractivity contribution in [1.82, 2.24) is 20.4 Å². The van der Waals surface area contributed by atoms with E-state index in [4.69, 9.17) is 4.74 Å². The van der Waals surface area contributed by atoms with Gasteiger partial charge in [-0.15, -0.1) is 0 Å². The first-order chi connectivity index (χ1) is 15.8. The van der Waals surface area contributed by atoms with Crippen molar-refractivity contribution in [2.45, 2.75) is 59.0 Å². The first-order valence-corrected chi connectivity index (χ1v) is 11.8. The molecule has 0 spiro atoms. The standard InChI is InChI=1S/C24H39N5O4/c1-6-8-13-25-24(32)29-15-14-28(16-18(29)4)22(30)21(17(3)7-2)27-23(31)26-19-9-11-20(33-5)12-10-19/h9-12,17-18,21H,6-8,13-16H2,1-5H3,(H,25,32)(H2,26,27,31). The zero-order valence-corrected chi connectivity index (χ0v) is 20.5. The van der Waals surface area contributed by atoms with Gasteiger partial charge in [0.15, 0.2) is 0 Å². The molecule has 3 unspecified atom stereocenters. The smallest absolute Gasteiger partial charge is 0.319 e. The molecular formula is C24H39N5O4. The second-order valence-corrected chi connectivity index (χ2v) is 8.60. The molecule has 1 aromatic carbocycles. The van der Waals surface area contributed by atoms with Gasteiger partial charge in [-0.25, -0.2) is 9.59 Å². The van der Waals surface area contributed by atoms with Crippen LogP contribution < -0.4 is 20.7 Å². The van der Waals surface area contributed by atoms with Gasteiger partial charge < -0.3 is 30.5 Å². The van der Waals surface area contributed by atoms with Gasteiger partial charge in [0.2, 0.25) is 5.91 Å². The van der Waals surface area contributed by atoms with Crippen molar-refractivity contribution in [3.05, 3.63) is 24.3 Å². The number of rotatable bonds is 9. The predicted molar refractivity (Wildman–Crippen MR) is 129 cm³/mol. The minimum atomic E-state index is -0.648. The number of nitrogens with zero attached hydrogens (tertiary/aromatic N) is 2. The third-order valence-corrected chi connectivity index (χ3v) is 6.12. The normalized spacial score (nSPS) is 17.7. The van der Waals surface area contributed by atoms with Crippen LogP contribution in [0.1, 0.15) is 47.0 Å². The number of anilines is 1. The lowest BCUT2D eigenvalue weighted by molar-refractivity contribution is -0.136. The number of amides is 5. The number of hydrogen-bond acceptors (Lipinski definition) is 4. The van der Waals surface area contributed by atoms with Crippen LogP contribution in [0, 0.1) is 5.92 Å². The molecule has 2 rings (SSSR count). The topological polar surface area (TPSA) is 103 Å². The fourth-order valence-electron chi connectivity index (χ4n) is 3.80. The van der Waals surface area contributed by atoms with Crippen LogP contribution in [0.2, 0.25) is 0 Å². The number of ether oxygens (including phenoxy) is 1. The van der Waals surface area contributed by atoms with Gasteiger partial charge in [-0.2, -0.15) is 0 Å². The van der Waals surface area contributed by atoms with Gasteiger partial charge in [-0.1, -0.05) is 33.6 Å². The van der Waals surface area contributed by atoms with E-state index in [1.165, 1.54) is 0 Å². The number of piperazine rings is 1. The minimum absolute atomic E-state index is 0.0372. The fourth-order valence-corrected chi connectivity index (χ4v) is 3.80. The highest BCUT2D eigenvalue weighted by molar-refractivity contribution is 5.94. The number of unbranched alkanes of at least 4 members (excludes halogenated alkanes) is 1. The SMILES string of the molecule is CCCCNC(=O)N1CCN(C(=O)C(NC(=O)Nc2ccc(OC)cc2)C(C)CC)CC1C. The molecule has 0 aromatic heterocycles. The Morgan fingerprint density at radius 1 is 1.15 bits per heavy atom. The lowest BCUT2D eigenvalue weighted by Crippen LogP contribution is -2.61. The van der Waals surface area contributed by atoms with E-state index in [9.17, 15) is 14.4 Å². The highest BCUT2D eigenvalue weighted by Crippen LogP contribution is 2.17. The zero-order valence-electron chi connectivity index (χ0n) is 20.5. The van der Waals surface area contributed by atoms with E-state index in [0.29, 0.717) is 37.6 Å². The molecular weight excluding hydrogens is 422 g/mol. The molecule has 1 aromatic rings. The van der Waals surface area contributed by atoms with E-state index in [1.807, 2.05) is 20.8 Å². The molecule has 1 saturated heterocycles. The van der Waals surface area contributed by atoms with Gasteiger partial charge in [-0.3, -0.25) is 4.79 Å². The van der Waals surface area contributed by atoms with Gasteiger partial charge in [-0.05, 0) is 43.5 Å². The molecule has 0 bridgehead atoms. The second-order valence-electron chi connectivity index (χ2n) is 8.60. The maximum Gasteiger partial charge on any atom is 0.319 e. The molecule has 0 aliphatic carbocycles. The summed E-state index contributed by atoms with van der Waals surface area (Å²) in [6.45, 7) is 9.99. The van der Waals surface area contributed by atoms with E-state index >= 15 is 0 Å². The van der Waals surface area contributed by atoms with Crippen LogP contribution in [-0.4, -0.2) is 73.1 Å². The second kappa shape index (κ2) is 12.9. The van der Waals surface area contributed by atoms with Gasteiger partial charge in [0, 0.05) is 37.9 Å². The molecule has 0 radical (unpaired) electrons. The molecule has 5 amide bonds. The Bertz CT molecular complexity index is 786. The Morgan fingerprint density at radius 3 is 2.42 bits per heavy atom. The third-order valence-electron chi connectivity index (χ3n) is 6.12. The number of urea groups is 2. The molecule has 3 N–H and O–H groups in total. The van der Waals surface area contributed by atoms with Crippen LogP contribution in [0.4, 0.5) is 15.3 Å². The van der Waals surface area contributed by atoms with Crippen molar-refractivity contribution < 1.29 is 19.1 Å². The lowest BCUT2D eigenvalue weighted by Gasteiger charge is -2.41. The van der Waals surface area contributed by atoms with Crippen molar-refractivity contribution in [3.63, 3.8) is 0 Å². The molecule has 1 aliphatic rings. The summed E-state index contributed by atoms with van der Waals surface area (Å²) in [7, 11) is 1.58. The monoisotopic (exact) mass is 461 g/mol. The van der Waals surface area contributed by atoms with E-state index in [1.54, 1.807) is 41.2 Å². The van der Waals surface area contributed by atoms with Crippen LogP contribution in [0.5, 0.6) is 5.75 Å². The first kappa shape index (κ1) is 26.3. The molecule has 0 saturated carbocycles. The molecule has 1 heterocycles. The summed E-state index contributed by atoms with van der Waals surface area (Å²) < 4.78 is 5.13. The maximum absolute atomic E-state index is 13.4. The van der Waals surface area contributed by atoms with E-state index in [-0.39, 0.29) is 23.9 Å². The van der Waals surface area contributed by atoms with Gasteiger partial charge in [0.1, 0.15) is 11.8 Å².